The summed E-state index contributed by atoms with van der Waals surface area (Å²) >= 11 is 0. The molecule has 168 valence electrons. The van der Waals surface area contributed by atoms with Crippen molar-refractivity contribution in [1.29, 1.82) is 5.41 Å². The van der Waals surface area contributed by atoms with Gasteiger partial charge in [0.1, 0.15) is 0 Å². The van der Waals surface area contributed by atoms with E-state index in [-0.39, 0.29) is 0 Å². The summed E-state index contributed by atoms with van der Waals surface area (Å²) in [6, 6.07) is 45.3. The SMILES string of the molecule is N=C(/C=C(\N)c1ccc(-c2ccccc2-c2ccccc2)c(-c2ccccc2)c1)c1ccccc1. The first-order chi connectivity index (χ1) is 17.2. The number of rotatable bonds is 6. The Bertz CT molecular complexity index is 1480. The first-order valence-corrected chi connectivity index (χ1v) is 11.7. The van der Waals surface area contributed by atoms with Gasteiger partial charge in [0.05, 0.1) is 5.71 Å². The van der Waals surface area contributed by atoms with Gasteiger partial charge in [-0.1, -0.05) is 127 Å². The molecule has 0 aromatic heterocycles. The highest BCUT2D eigenvalue weighted by molar-refractivity contribution is 6.10. The standard InChI is InChI=1S/C33H26N2/c34-32(26-16-8-3-9-17-26)23-33(35)27-20-21-30(31(22-27)25-14-6-2-7-15-25)29-19-11-10-18-28(29)24-12-4-1-5-13-24/h1-23,34H,35H2/b33-23-,34-32?. The minimum Gasteiger partial charge on any atom is -0.398 e. The van der Waals surface area contributed by atoms with Crippen LogP contribution in [0.2, 0.25) is 0 Å². The molecule has 0 aliphatic heterocycles. The summed E-state index contributed by atoms with van der Waals surface area (Å²) in [5, 5.41) is 8.47. The molecule has 0 fully saturated rings. The van der Waals surface area contributed by atoms with Crippen molar-refractivity contribution >= 4 is 11.4 Å². The molecule has 0 spiro atoms. The van der Waals surface area contributed by atoms with Gasteiger partial charge in [-0.3, -0.25) is 0 Å². The van der Waals surface area contributed by atoms with Gasteiger partial charge in [0.25, 0.3) is 0 Å². The van der Waals surface area contributed by atoms with Crippen LogP contribution in [0.5, 0.6) is 0 Å². The van der Waals surface area contributed by atoms with E-state index >= 15 is 0 Å². The molecule has 0 radical (unpaired) electrons. The zero-order chi connectivity index (χ0) is 24.0. The highest BCUT2D eigenvalue weighted by atomic mass is 14.6. The van der Waals surface area contributed by atoms with E-state index in [1.54, 1.807) is 6.08 Å². The third-order valence-corrected chi connectivity index (χ3v) is 6.12. The lowest BCUT2D eigenvalue weighted by atomic mass is 9.88. The number of allylic oxidation sites excluding steroid dienone is 1. The third kappa shape index (κ3) is 4.83. The van der Waals surface area contributed by atoms with Gasteiger partial charge in [-0.15, -0.1) is 0 Å². The van der Waals surface area contributed by atoms with Crippen LogP contribution < -0.4 is 5.73 Å². The molecule has 2 nitrogen and oxygen atoms in total. The third-order valence-electron chi connectivity index (χ3n) is 6.12. The molecule has 0 saturated heterocycles. The van der Waals surface area contributed by atoms with Crippen molar-refractivity contribution in [2.24, 2.45) is 5.73 Å². The van der Waals surface area contributed by atoms with Gasteiger partial charge >= 0.3 is 0 Å². The summed E-state index contributed by atoms with van der Waals surface area (Å²) in [6.07, 6.45) is 1.73. The second-order valence-corrected chi connectivity index (χ2v) is 8.42. The summed E-state index contributed by atoms with van der Waals surface area (Å²) in [7, 11) is 0. The summed E-state index contributed by atoms with van der Waals surface area (Å²) in [5.41, 5.74) is 16.1. The predicted molar refractivity (Wildman–Crippen MR) is 148 cm³/mol. The Hall–Kier alpha value is -4.69. The second-order valence-electron chi connectivity index (χ2n) is 8.42. The Labute approximate surface area is 206 Å². The Morgan fingerprint density at radius 3 is 1.60 bits per heavy atom. The highest BCUT2D eigenvalue weighted by Crippen LogP contribution is 2.39. The fourth-order valence-corrected chi connectivity index (χ4v) is 4.34. The van der Waals surface area contributed by atoms with E-state index in [1.807, 2.05) is 48.5 Å². The minimum atomic E-state index is 0.392. The zero-order valence-corrected chi connectivity index (χ0v) is 19.4. The monoisotopic (exact) mass is 450 g/mol. The molecule has 0 saturated carbocycles. The molecule has 0 heterocycles. The molecule has 0 atom stereocenters. The van der Waals surface area contributed by atoms with Gasteiger partial charge < -0.3 is 11.1 Å². The Kier molecular flexibility index (Phi) is 6.36. The van der Waals surface area contributed by atoms with E-state index in [0.717, 1.165) is 27.8 Å². The van der Waals surface area contributed by atoms with Crippen LogP contribution in [0, 0.1) is 5.41 Å². The van der Waals surface area contributed by atoms with Crippen LogP contribution in [-0.4, -0.2) is 5.71 Å². The summed E-state index contributed by atoms with van der Waals surface area (Å²) in [4.78, 5) is 0. The van der Waals surface area contributed by atoms with Gasteiger partial charge in [-0.2, -0.15) is 0 Å². The molecule has 0 aliphatic carbocycles. The van der Waals surface area contributed by atoms with Crippen LogP contribution in [0.15, 0.2) is 140 Å². The summed E-state index contributed by atoms with van der Waals surface area (Å²) in [6.45, 7) is 0. The van der Waals surface area contributed by atoms with E-state index in [9.17, 15) is 0 Å². The molecule has 2 heteroatoms. The number of benzene rings is 5. The smallest absolute Gasteiger partial charge is 0.0632 e. The van der Waals surface area contributed by atoms with E-state index in [0.29, 0.717) is 11.4 Å². The number of hydrogen-bond donors (Lipinski definition) is 2. The van der Waals surface area contributed by atoms with Crippen molar-refractivity contribution in [1.82, 2.24) is 0 Å². The lowest BCUT2D eigenvalue weighted by Gasteiger charge is -2.16. The molecule has 5 rings (SSSR count). The average Bonchev–Trinajstić information content (AvgIpc) is 2.94. The van der Waals surface area contributed by atoms with Crippen molar-refractivity contribution in [2.45, 2.75) is 0 Å². The topological polar surface area (TPSA) is 49.9 Å². The molecular formula is C33H26N2. The fourth-order valence-electron chi connectivity index (χ4n) is 4.34. The van der Waals surface area contributed by atoms with Gasteiger partial charge in [0.2, 0.25) is 0 Å². The quantitative estimate of drug-likeness (QED) is 0.253. The number of nitrogens with two attached hydrogens (primary N) is 1. The fraction of sp³-hybridized carbons (Fsp3) is 0. The van der Waals surface area contributed by atoms with Crippen LogP contribution in [-0.2, 0) is 0 Å². The second kappa shape index (κ2) is 10.1. The van der Waals surface area contributed by atoms with Crippen LogP contribution in [0.3, 0.4) is 0 Å². The maximum atomic E-state index is 8.47. The first kappa shape index (κ1) is 22.1. The lowest BCUT2D eigenvalue weighted by molar-refractivity contribution is 1.47. The summed E-state index contributed by atoms with van der Waals surface area (Å²) in [5.74, 6) is 0. The number of nitrogens with one attached hydrogen (secondary N) is 1. The molecule has 5 aromatic rings. The van der Waals surface area contributed by atoms with Gasteiger partial charge in [0, 0.05) is 5.70 Å². The van der Waals surface area contributed by atoms with Crippen LogP contribution >= 0.6 is 0 Å². The van der Waals surface area contributed by atoms with Crippen LogP contribution in [0.4, 0.5) is 0 Å². The molecule has 0 amide bonds. The summed E-state index contributed by atoms with van der Waals surface area (Å²) < 4.78 is 0. The average molecular weight is 451 g/mol. The van der Waals surface area contributed by atoms with Gasteiger partial charge in [-0.05, 0) is 56.6 Å². The van der Waals surface area contributed by atoms with Crippen LogP contribution in [0.25, 0.3) is 39.1 Å². The molecular weight excluding hydrogens is 424 g/mol. The van der Waals surface area contributed by atoms with E-state index in [1.165, 1.54) is 16.7 Å². The molecule has 3 N–H and O–H groups in total. The number of hydrogen-bond acceptors (Lipinski definition) is 2. The molecule has 0 aliphatic rings. The largest absolute Gasteiger partial charge is 0.398 e. The van der Waals surface area contributed by atoms with Gasteiger partial charge in [0.15, 0.2) is 0 Å². The van der Waals surface area contributed by atoms with Crippen molar-refractivity contribution in [3.05, 3.63) is 151 Å². The van der Waals surface area contributed by atoms with Crippen LogP contribution in [0.1, 0.15) is 11.1 Å². The molecule has 0 unspecified atom stereocenters. The van der Waals surface area contributed by atoms with E-state index in [4.69, 9.17) is 11.1 Å². The van der Waals surface area contributed by atoms with E-state index in [2.05, 4.69) is 84.9 Å². The first-order valence-electron chi connectivity index (χ1n) is 11.7. The van der Waals surface area contributed by atoms with Gasteiger partial charge in [-0.25, -0.2) is 0 Å². The Balaban J connectivity index is 1.64. The van der Waals surface area contributed by atoms with Crippen molar-refractivity contribution in [2.75, 3.05) is 0 Å². The Morgan fingerprint density at radius 1 is 0.486 bits per heavy atom. The minimum absolute atomic E-state index is 0.392. The maximum absolute atomic E-state index is 8.47. The normalized spacial score (nSPS) is 11.3. The van der Waals surface area contributed by atoms with Crippen molar-refractivity contribution in [3.8, 4) is 33.4 Å². The molecule has 5 aromatic carbocycles. The molecule has 0 bridgehead atoms. The predicted octanol–water partition coefficient (Wildman–Crippen LogP) is 8.06. The lowest BCUT2D eigenvalue weighted by Crippen LogP contribution is -2.03. The van der Waals surface area contributed by atoms with E-state index < -0.39 is 0 Å². The molecule has 35 heavy (non-hydrogen) atoms. The zero-order valence-electron chi connectivity index (χ0n) is 19.4. The highest BCUT2D eigenvalue weighted by Gasteiger charge is 2.14. The van der Waals surface area contributed by atoms with Crippen molar-refractivity contribution < 1.29 is 0 Å². The maximum Gasteiger partial charge on any atom is 0.0632 e. The Morgan fingerprint density at radius 2 is 0.971 bits per heavy atom. The van der Waals surface area contributed by atoms with Crippen molar-refractivity contribution in [3.63, 3.8) is 0 Å².